The zero-order valence-corrected chi connectivity index (χ0v) is 11.8. The van der Waals surface area contributed by atoms with Crippen LogP contribution in [-0.4, -0.2) is 43.3 Å². The summed E-state index contributed by atoms with van der Waals surface area (Å²) < 4.78 is 9.51. The second-order valence-corrected chi connectivity index (χ2v) is 4.15. The molecular weight excluding hydrogens is 304 g/mol. The molecule has 0 radical (unpaired) electrons. The molecule has 0 unspecified atom stereocenters. The van der Waals surface area contributed by atoms with E-state index in [1.807, 2.05) is 5.32 Å². The van der Waals surface area contributed by atoms with E-state index in [9.17, 15) is 14.4 Å². The Morgan fingerprint density at radius 2 is 2.00 bits per heavy atom. The summed E-state index contributed by atoms with van der Waals surface area (Å²) in [6, 6.07) is 3.74. The molecule has 1 rings (SSSR count). The number of nitrogens with one attached hydrogen (secondary N) is 2. The van der Waals surface area contributed by atoms with E-state index in [0.717, 1.165) is 0 Å². The Kier molecular flexibility index (Phi) is 6.44. The molecule has 0 aliphatic carbocycles. The third-order valence-electron chi connectivity index (χ3n) is 2.12. The normalized spacial score (nSPS) is 9.81. The lowest BCUT2D eigenvalue weighted by Crippen LogP contribution is -2.37. The second kappa shape index (κ2) is 8.08. The average molecular weight is 317 g/mol. The number of hydrogen-bond acceptors (Lipinski definition) is 5. The Balaban J connectivity index is 2.46. The van der Waals surface area contributed by atoms with Gasteiger partial charge in [0.25, 0.3) is 5.91 Å². The minimum atomic E-state index is -1.21. The van der Waals surface area contributed by atoms with Gasteiger partial charge in [-0.2, -0.15) is 0 Å². The molecule has 3 N–H and O–H groups in total. The van der Waals surface area contributed by atoms with Gasteiger partial charge in [0.2, 0.25) is 0 Å². The maximum Gasteiger partial charge on any atom is 0.329 e. The van der Waals surface area contributed by atoms with Gasteiger partial charge in [-0.05, 0) is 12.1 Å². The first-order valence-corrected chi connectivity index (χ1v) is 6.04. The number of aliphatic carboxylic acids is 1. The van der Waals surface area contributed by atoms with E-state index < -0.39 is 31.1 Å². The van der Waals surface area contributed by atoms with E-state index in [4.69, 9.17) is 21.4 Å². The van der Waals surface area contributed by atoms with Crippen LogP contribution in [0.2, 0.25) is 5.02 Å². The smallest absolute Gasteiger partial charge is 0.329 e. The van der Waals surface area contributed by atoms with Crippen molar-refractivity contribution < 1.29 is 29.0 Å². The van der Waals surface area contributed by atoms with Crippen molar-refractivity contribution in [1.82, 2.24) is 5.32 Å². The largest absolute Gasteiger partial charge is 0.495 e. The van der Waals surface area contributed by atoms with E-state index in [2.05, 4.69) is 10.1 Å². The Morgan fingerprint density at radius 3 is 2.62 bits per heavy atom. The van der Waals surface area contributed by atoms with Crippen LogP contribution in [0.3, 0.4) is 0 Å². The number of carboxylic acid groups (broad SMARTS) is 1. The van der Waals surface area contributed by atoms with Gasteiger partial charge in [-0.25, -0.2) is 9.59 Å². The van der Waals surface area contributed by atoms with Gasteiger partial charge in [0, 0.05) is 11.8 Å². The summed E-state index contributed by atoms with van der Waals surface area (Å²) in [6.07, 6.45) is 0. The molecule has 0 heterocycles. The molecule has 0 saturated carbocycles. The quantitative estimate of drug-likeness (QED) is 0.724. The first kappa shape index (κ1) is 16.7. The average Bonchev–Trinajstić information content (AvgIpc) is 2.40. The fourth-order valence-corrected chi connectivity index (χ4v) is 1.49. The third kappa shape index (κ3) is 6.11. The van der Waals surface area contributed by atoms with Gasteiger partial charge in [0.05, 0.1) is 12.1 Å². The number of methoxy groups -OCH3 is 1. The summed E-state index contributed by atoms with van der Waals surface area (Å²) in [4.78, 5) is 33.0. The molecule has 0 aromatic heterocycles. The standard InChI is InChI=1S/C12H13ClN2O6/c1-20-9-4-7(2-3-8(9)13)14-12(19)15-10(16)5-21-6-11(17)18/h2-4H,5-6H2,1H3,(H,17,18)(H2,14,15,16,19). The molecule has 8 nitrogen and oxygen atoms in total. The molecule has 1 aromatic carbocycles. The molecule has 114 valence electrons. The maximum atomic E-state index is 11.5. The monoisotopic (exact) mass is 316 g/mol. The van der Waals surface area contributed by atoms with Crippen LogP contribution in [0.15, 0.2) is 18.2 Å². The molecule has 0 spiro atoms. The minimum absolute atomic E-state index is 0.366. The van der Waals surface area contributed by atoms with Crippen molar-refractivity contribution in [2.75, 3.05) is 25.6 Å². The molecule has 9 heteroatoms. The highest BCUT2D eigenvalue weighted by atomic mass is 35.5. The van der Waals surface area contributed by atoms with Crippen molar-refractivity contribution in [1.29, 1.82) is 0 Å². The number of amides is 3. The first-order chi connectivity index (χ1) is 9.92. The number of urea groups is 1. The number of imide groups is 1. The Hall–Kier alpha value is -2.32. The van der Waals surface area contributed by atoms with Crippen LogP contribution in [0.5, 0.6) is 5.75 Å². The van der Waals surface area contributed by atoms with Crippen molar-refractivity contribution in [3.8, 4) is 5.75 Å². The second-order valence-electron chi connectivity index (χ2n) is 3.74. The number of halogens is 1. The highest BCUT2D eigenvalue weighted by Gasteiger charge is 2.10. The highest BCUT2D eigenvalue weighted by molar-refractivity contribution is 6.32. The molecule has 1 aromatic rings. The minimum Gasteiger partial charge on any atom is -0.495 e. The molecule has 0 atom stereocenters. The highest BCUT2D eigenvalue weighted by Crippen LogP contribution is 2.27. The maximum absolute atomic E-state index is 11.5. The number of rotatable bonds is 6. The van der Waals surface area contributed by atoms with Crippen molar-refractivity contribution in [2.24, 2.45) is 0 Å². The summed E-state index contributed by atoms with van der Waals surface area (Å²) in [5.41, 5.74) is 0.369. The number of carboxylic acids is 1. The van der Waals surface area contributed by atoms with Crippen LogP contribution in [0.4, 0.5) is 10.5 Å². The van der Waals surface area contributed by atoms with Gasteiger partial charge in [0.1, 0.15) is 19.0 Å². The number of benzene rings is 1. The Bertz CT molecular complexity index is 549. The summed E-state index contributed by atoms with van der Waals surface area (Å²) in [6.45, 7) is -1.16. The first-order valence-electron chi connectivity index (χ1n) is 5.66. The van der Waals surface area contributed by atoms with Crippen molar-refractivity contribution in [3.63, 3.8) is 0 Å². The molecule has 0 fully saturated rings. The van der Waals surface area contributed by atoms with E-state index in [0.29, 0.717) is 16.5 Å². The van der Waals surface area contributed by atoms with Crippen LogP contribution in [-0.2, 0) is 14.3 Å². The van der Waals surface area contributed by atoms with Gasteiger partial charge in [-0.15, -0.1) is 0 Å². The van der Waals surface area contributed by atoms with E-state index in [-0.39, 0.29) is 0 Å². The number of carbonyl (C=O) groups excluding carboxylic acids is 2. The number of anilines is 1. The SMILES string of the molecule is COc1cc(NC(=O)NC(=O)COCC(=O)O)ccc1Cl. The van der Waals surface area contributed by atoms with Crippen LogP contribution in [0, 0.1) is 0 Å². The number of ether oxygens (including phenoxy) is 2. The zero-order valence-electron chi connectivity index (χ0n) is 11.0. The molecule has 0 saturated heterocycles. The van der Waals surface area contributed by atoms with Gasteiger partial charge >= 0.3 is 12.0 Å². The number of carbonyl (C=O) groups is 3. The lowest BCUT2D eigenvalue weighted by Gasteiger charge is -2.09. The Morgan fingerprint density at radius 1 is 1.29 bits per heavy atom. The fraction of sp³-hybridized carbons (Fsp3) is 0.250. The molecule has 21 heavy (non-hydrogen) atoms. The van der Waals surface area contributed by atoms with Crippen LogP contribution in [0.25, 0.3) is 0 Å². The summed E-state index contributed by atoms with van der Waals surface area (Å²) in [7, 11) is 1.42. The van der Waals surface area contributed by atoms with Crippen LogP contribution >= 0.6 is 11.6 Å². The van der Waals surface area contributed by atoms with E-state index in [1.54, 1.807) is 0 Å². The topological polar surface area (TPSA) is 114 Å². The third-order valence-corrected chi connectivity index (χ3v) is 2.43. The van der Waals surface area contributed by atoms with Crippen molar-refractivity contribution >= 4 is 35.2 Å². The molecule has 3 amide bonds. The number of hydrogen-bond donors (Lipinski definition) is 3. The predicted molar refractivity (Wildman–Crippen MR) is 73.6 cm³/mol. The summed E-state index contributed by atoms with van der Waals surface area (Å²) in [5.74, 6) is -1.61. The molecular formula is C12H13ClN2O6. The predicted octanol–water partition coefficient (Wildman–Crippen LogP) is 1.10. The summed E-state index contributed by atoms with van der Waals surface area (Å²) >= 11 is 5.83. The molecule has 0 aliphatic heterocycles. The van der Waals surface area contributed by atoms with E-state index in [1.165, 1.54) is 25.3 Å². The summed E-state index contributed by atoms with van der Waals surface area (Å²) in [5, 5.41) is 13.1. The van der Waals surface area contributed by atoms with E-state index >= 15 is 0 Å². The van der Waals surface area contributed by atoms with Crippen LogP contribution < -0.4 is 15.4 Å². The fourth-order valence-electron chi connectivity index (χ4n) is 1.29. The van der Waals surface area contributed by atoms with Crippen LogP contribution in [0.1, 0.15) is 0 Å². The lowest BCUT2D eigenvalue weighted by molar-refractivity contribution is -0.143. The van der Waals surface area contributed by atoms with Crippen molar-refractivity contribution in [2.45, 2.75) is 0 Å². The van der Waals surface area contributed by atoms with Crippen molar-refractivity contribution in [3.05, 3.63) is 23.2 Å². The lowest BCUT2D eigenvalue weighted by atomic mass is 10.3. The Labute approximate surface area is 125 Å². The van der Waals surface area contributed by atoms with Gasteiger partial charge in [-0.1, -0.05) is 11.6 Å². The van der Waals surface area contributed by atoms with Gasteiger partial charge < -0.3 is 19.9 Å². The zero-order chi connectivity index (χ0) is 15.8. The van der Waals surface area contributed by atoms with Gasteiger partial charge in [-0.3, -0.25) is 10.1 Å². The molecule has 0 aliphatic rings. The molecule has 0 bridgehead atoms. The van der Waals surface area contributed by atoms with Gasteiger partial charge in [0.15, 0.2) is 0 Å².